The molecule has 8 heteroatoms. The van der Waals surface area contributed by atoms with E-state index in [1.54, 1.807) is 34.1 Å². The second-order valence-corrected chi connectivity index (χ2v) is 9.46. The molecule has 0 saturated carbocycles. The highest BCUT2D eigenvalue weighted by atomic mass is 16.6. The van der Waals surface area contributed by atoms with Crippen molar-refractivity contribution in [2.45, 2.75) is 38.8 Å². The Labute approximate surface area is 204 Å². The lowest BCUT2D eigenvalue weighted by Crippen LogP contribution is -2.47. The molecule has 35 heavy (non-hydrogen) atoms. The number of nitrogens with zero attached hydrogens (tertiary/aromatic N) is 2. The van der Waals surface area contributed by atoms with E-state index in [0.29, 0.717) is 17.9 Å². The third-order valence-electron chi connectivity index (χ3n) is 5.57. The molecule has 1 atom stereocenters. The minimum atomic E-state index is -0.859. The molecular weight excluding hydrogens is 444 g/mol. The van der Waals surface area contributed by atoms with Gasteiger partial charge in [-0.25, -0.2) is 4.79 Å². The van der Waals surface area contributed by atoms with E-state index in [-0.39, 0.29) is 5.91 Å². The Kier molecular flexibility index (Phi) is 6.64. The summed E-state index contributed by atoms with van der Waals surface area (Å²) in [6.07, 6.45) is 3.21. The highest BCUT2D eigenvalue weighted by molar-refractivity contribution is 5.98. The van der Waals surface area contributed by atoms with Crippen LogP contribution in [0.1, 0.15) is 26.3 Å². The Balaban J connectivity index is 1.60. The van der Waals surface area contributed by atoms with E-state index < -0.39 is 17.7 Å². The minimum absolute atomic E-state index is 0.296. The molecule has 2 amide bonds. The van der Waals surface area contributed by atoms with Crippen molar-refractivity contribution < 1.29 is 19.1 Å². The van der Waals surface area contributed by atoms with Crippen LogP contribution in [0.25, 0.3) is 21.8 Å². The number of rotatable bonds is 6. The number of para-hydroxylation sites is 1. The van der Waals surface area contributed by atoms with Crippen molar-refractivity contribution in [2.24, 2.45) is 7.05 Å². The van der Waals surface area contributed by atoms with Gasteiger partial charge in [0, 0.05) is 42.0 Å². The summed E-state index contributed by atoms with van der Waals surface area (Å²) in [5.41, 5.74) is 2.59. The molecule has 0 radical (unpaired) electrons. The Morgan fingerprint density at radius 1 is 1.11 bits per heavy atom. The van der Waals surface area contributed by atoms with Gasteiger partial charge in [0.05, 0.1) is 24.5 Å². The monoisotopic (exact) mass is 474 g/mol. The predicted molar refractivity (Wildman–Crippen MR) is 137 cm³/mol. The molecule has 0 unspecified atom stereocenters. The Morgan fingerprint density at radius 3 is 2.63 bits per heavy atom. The van der Waals surface area contributed by atoms with Crippen LogP contribution in [0.4, 0.5) is 10.5 Å². The lowest BCUT2D eigenvalue weighted by atomic mass is 10.0. The van der Waals surface area contributed by atoms with Crippen molar-refractivity contribution in [3.8, 4) is 5.75 Å². The average molecular weight is 475 g/mol. The lowest BCUT2D eigenvalue weighted by molar-refractivity contribution is -0.118. The molecule has 2 heterocycles. The molecule has 0 aliphatic carbocycles. The number of nitrogens with one attached hydrogen (secondary N) is 2. The average Bonchev–Trinajstić information content (AvgIpc) is 3.12. The first-order valence-corrected chi connectivity index (χ1v) is 11.4. The van der Waals surface area contributed by atoms with Crippen LogP contribution < -0.4 is 15.4 Å². The van der Waals surface area contributed by atoms with Crippen molar-refractivity contribution in [3.05, 3.63) is 66.5 Å². The molecule has 0 bridgehead atoms. The van der Waals surface area contributed by atoms with Crippen molar-refractivity contribution in [2.75, 3.05) is 12.4 Å². The first kappa shape index (κ1) is 24.1. The quantitative estimate of drug-likeness (QED) is 0.418. The predicted octanol–water partition coefficient (Wildman–Crippen LogP) is 4.81. The number of fused-ring (bicyclic) bond motifs is 2. The third-order valence-corrected chi connectivity index (χ3v) is 5.57. The summed E-state index contributed by atoms with van der Waals surface area (Å²) in [4.78, 5) is 30.4. The van der Waals surface area contributed by atoms with Gasteiger partial charge >= 0.3 is 6.09 Å². The summed E-state index contributed by atoms with van der Waals surface area (Å²) in [6, 6.07) is 14.5. The van der Waals surface area contributed by atoms with Crippen LogP contribution in [0.15, 0.2) is 60.9 Å². The van der Waals surface area contributed by atoms with Crippen molar-refractivity contribution in [3.63, 3.8) is 0 Å². The van der Waals surface area contributed by atoms with E-state index in [0.717, 1.165) is 27.4 Å². The van der Waals surface area contributed by atoms with Crippen LogP contribution in [-0.4, -0.2) is 40.3 Å². The molecule has 2 aromatic carbocycles. The summed E-state index contributed by atoms with van der Waals surface area (Å²) >= 11 is 0. The molecule has 0 aliphatic heterocycles. The van der Waals surface area contributed by atoms with Gasteiger partial charge in [-0.3, -0.25) is 9.78 Å². The number of hydrogen-bond acceptors (Lipinski definition) is 5. The van der Waals surface area contributed by atoms with Crippen molar-refractivity contribution >= 4 is 39.5 Å². The molecule has 0 saturated heterocycles. The van der Waals surface area contributed by atoms with Gasteiger partial charge in [0.25, 0.3) is 0 Å². The highest BCUT2D eigenvalue weighted by Gasteiger charge is 2.26. The number of amides is 2. The van der Waals surface area contributed by atoms with Gasteiger partial charge in [-0.1, -0.05) is 18.2 Å². The number of anilines is 1. The maximum Gasteiger partial charge on any atom is 0.408 e. The van der Waals surface area contributed by atoms with Crippen LogP contribution in [0.3, 0.4) is 0 Å². The van der Waals surface area contributed by atoms with Gasteiger partial charge in [-0.15, -0.1) is 0 Å². The number of aryl methyl sites for hydroxylation is 1. The topological polar surface area (TPSA) is 94.5 Å². The summed E-state index contributed by atoms with van der Waals surface area (Å²) in [5.74, 6) is 0.344. The standard InChI is InChI=1S/C27H30N4O4/c1-27(2,3)35-26(33)30-23(13-18-16-31(4)24-9-7-6-8-21(18)24)25(32)29-19-12-17-10-11-20(34-5)14-22(17)28-15-19/h6-12,14-16,23H,13H2,1-5H3,(H,29,32)(H,30,33)/t23-/m0/s1. The number of methoxy groups -OCH3 is 1. The second-order valence-electron chi connectivity index (χ2n) is 9.46. The van der Waals surface area contributed by atoms with E-state index in [4.69, 9.17) is 9.47 Å². The summed E-state index contributed by atoms with van der Waals surface area (Å²) in [5, 5.41) is 7.53. The van der Waals surface area contributed by atoms with Crippen LogP contribution >= 0.6 is 0 Å². The number of carbonyl (C=O) groups is 2. The molecule has 182 valence electrons. The van der Waals surface area contributed by atoms with E-state index >= 15 is 0 Å². The molecule has 2 aromatic heterocycles. The zero-order valence-corrected chi connectivity index (χ0v) is 20.6. The van der Waals surface area contributed by atoms with Crippen LogP contribution in [0, 0.1) is 0 Å². The van der Waals surface area contributed by atoms with Gasteiger partial charge < -0.3 is 24.7 Å². The van der Waals surface area contributed by atoms with Gasteiger partial charge in [0.15, 0.2) is 0 Å². The summed E-state index contributed by atoms with van der Waals surface area (Å²) < 4.78 is 12.7. The van der Waals surface area contributed by atoms with E-state index in [1.807, 2.05) is 66.3 Å². The molecular formula is C27H30N4O4. The molecule has 0 fully saturated rings. The second kappa shape index (κ2) is 9.66. The fourth-order valence-electron chi connectivity index (χ4n) is 3.99. The summed E-state index contributed by atoms with van der Waals surface area (Å²) in [6.45, 7) is 5.34. The number of carbonyl (C=O) groups excluding carboxylic acids is 2. The number of pyridine rings is 1. The van der Waals surface area contributed by atoms with E-state index in [1.165, 1.54) is 0 Å². The molecule has 4 rings (SSSR count). The third kappa shape index (κ3) is 5.71. The van der Waals surface area contributed by atoms with Gasteiger partial charge in [0.2, 0.25) is 5.91 Å². The van der Waals surface area contributed by atoms with Crippen LogP contribution in [0.2, 0.25) is 0 Å². The smallest absolute Gasteiger partial charge is 0.408 e. The number of aromatic nitrogens is 2. The maximum absolute atomic E-state index is 13.4. The Morgan fingerprint density at radius 2 is 1.89 bits per heavy atom. The van der Waals surface area contributed by atoms with Gasteiger partial charge in [-0.05, 0) is 50.6 Å². The molecule has 4 aromatic rings. The Bertz CT molecular complexity index is 1390. The normalized spacial score (nSPS) is 12.4. The first-order chi connectivity index (χ1) is 16.6. The van der Waals surface area contributed by atoms with Crippen molar-refractivity contribution in [1.29, 1.82) is 0 Å². The van der Waals surface area contributed by atoms with E-state index in [2.05, 4.69) is 15.6 Å². The zero-order chi connectivity index (χ0) is 25.2. The lowest BCUT2D eigenvalue weighted by Gasteiger charge is -2.23. The van der Waals surface area contributed by atoms with Crippen molar-refractivity contribution in [1.82, 2.24) is 14.9 Å². The molecule has 8 nitrogen and oxygen atoms in total. The Hall–Kier alpha value is -4.07. The van der Waals surface area contributed by atoms with E-state index in [9.17, 15) is 9.59 Å². The SMILES string of the molecule is COc1ccc2cc(NC(=O)[C@H](Cc3cn(C)c4ccccc34)NC(=O)OC(C)(C)C)cnc2c1. The fraction of sp³-hybridized carbons (Fsp3) is 0.296. The largest absolute Gasteiger partial charge is 0.497 e. The number of ether oxygens (including phenoxy) is 2. The fourth-order valence-corrected chi connectivity index (χ4v) is 3.99. The molecule has 0 aliphatic rings. The highest BCUT2D eigenvalue weighted by Crippen LogP contribution is 2.24. The van der Waals surface area contributed by atoms with Crippen LogP contribution in [0.5, 0.6) is 5.75 Å². The number of alkyl carbamates (subject to hydrolysis) is 1. The molecule has 2 N–H and O–H groups in total. The van der Waals surface area contributed by atoms with Gasteiger partial charge in [0.1, 0.15) is 17.4 Å². The van der Waals surface area contributed by atoms with Crippen LogP contribution in [-0.2, 0) is 23.0 Å². The van der Waals surface area contributed by atoms with Gasteiger partial charge in [-0.2, -0.15) is 0 Å². The summed E-state index contributed by atoms with van der Waals surface area (Å²) in [7, 11) is 3.56. The first-order valence-electron chi connectivity index (χ1n) is 11.4. The minimum Gasteiger partial charge on any atom is -0.497 e. The number of benzene rings is 2. The molecule has 0 spiro atoms. The zero-order valence-electron chi connectivity index (χ0n) is 20.6. The number of hydrogen-bond donors (Lipinski definition) is 2. The maximum atomic E-state index is 13.4.